The fourth-order valence-corrected chi connectivity index (χ4v) is 3.94. The molecule has 0 bridgehead atoms. The van der Waals surface area contributed by atoms with Crippen LogP contribution in [0.15, 0.2) is 30.3 Å². The Bertz CT molecular complexity index is 698. The van der Waals surface area contributed by atoms with Gasteiger partial charge in [0.25, 0.3) is 5.91 Å². The van der Waals surface area contributed by atoms with E-state index in [-0.39, 0.29) is 24.5 Å². The minimum atomic E-state index is -0.856. The van der Waals surface area contributed by atoms with Crippen molar-refractivity contribution in [2.45, 2.75) is 38.8 Å². The number of ether oxygens (including phenoxy) is 1. The third-order valence-electron chi connectivity index (χ3n) is 5.49. The number of imide groups is 1. The van der Waals surface area contributed by atoms with Crippen molar-refractivity contribution in [3.63, 3.8) is 0 Å². The number of rotatable bonds is 6. The highest BCUT2D eigenvalue weighted by atomic mass is 16.5. The molecule has 2 heterocycles. The lowest BCUT2D eigenvalue weighted by molar-refractivity contribution is -0.143. The van der Waals surface area contributed by atoms with Crippen LogP contribution in [0.2, 0.25) is 0 Å². The van der Waals surface area contributed by atoms with E-state index in [0.717, 1.165) is 5.56 Å². The summed E-state index contributed by atoms with van der Waals surface area (Å²) in [4.78, 5) is 43.0. The Morgan fingerprint density at radius 3 is 2.37 bits per heavy atom. The molecule has 0 unspecified atom stereocenters. The molecule has 2 aliphatic rings. The van der Waals surface area contributed by atoms with Crippen LogP contribution in [0.5, 0.6) is 0 Å². The van der Waals surface area contributed by atoms with E-state index in [1.165, 1.54) is 4.90 Å². The van der Waals surface area contributed by atoms with E-state index in [1.54, 1.807) is 9.80 Å². The molecule has 0 saturated carbocycles. The fraction of sp³-hybridized carbons (Fsp3) is 0.550. The summed E-state index contributed by atoms with van der Waals surface area (Å²) in [5.74, 6) is -0.201. The molecule has 146 valence electrons. The molecule has 1 aromatic rings. The molecule has 1 spiro atoms. The second-order valence-electron chi connectivity index (χ2n) is 6.95. The van der Waals surface area contributed by atoms with Crippen molar-refractivity contribution in [2.75, 3.05) is 32.8 Å². The quantitative estimate of drug-likeness (QED) is 0.714. The zero-order valence-corrected chi connectivity index (χ0v) is 16.0. The normalized spacial score (nSPS) is 19.3. The first-order valence-corrected chi connectivity index (χ1v) is 9.56. The molecule has 2 fully saturated rings. The van der Waals surface area contributed by atoms with Crippen LogP contribution >= 0.6 is 0 Å². The van der Waals surface area contributed by atoms with E-state index in [2.05, 4.69) is 0 Å². The van der Waals surface area contributed by atoms with Gasteiger partial charge in [0, 0.05) is 32.8 Å². The smallest absolute Gasteiger partial charge is 0.327 e. The fourth-order valence-electron chi connectivity index (χ4n) is 3.94. The van der Waals surface area contributed by atoms with Crippen LogP contribution < -0.4 is 0 Å². The Kier molecular flexibility index (Phi) is 5.79. The van der Waals surface area contributed by atoms with Crippen LogP contribution in [-0.4, -0.2) is 70.9 Å². The number of benzene rings is 1. The van der Waals surface area contributed by atoms with E-state index >= 15 is 0 Å². The monoisotopic (exact) mass is 373 g/mol. The number of carbonyl (C=O) groups is 3. The van der Waals surface area contributed by atoms with E-state index in [0.29, 0.717) is 45.6 Å². The number of amides is 4. The van der Waals surface area contributed by atoms with Crippen molar-refractivity contribution in [1.29, 1.82) is 0 Å². The number of likely N-dealkylation sites (N-methyl/N-ethyl adjacent to an activating group) is 1. The molecule has 2 aliphatic heterocycles. The van der Waals surface area contributed by atoms with Gasteiger partial charge in [-0.3, -0.25) is 14.5 Å². The van der Waals surface area contributed by atoms with Crippen LogP contribution in [0.25, 0.3) is 0 Å². The molecule has 2 saturated heterocycles. The zero-order valence-electron chi connectivity index (χ0n) is 16.0. The third-order valence-corrected chi connectivity index (χ3v) is 5.49. The summed E-state index contributed by atoms with van der Waals surface area (Å²) in [5, 5.41) is 0. The van der Waals surface area contributed by atoms with Gasteiger partial charge in [0.2, 0.25) is 5.91 Å². The average molecular weight is 373 g/mol. The summed E-state index contributed by atoms with van der Waals surface area (Å²) in [6, 6.07) is 9.47. The molecular weight excluding hydrogens is 346 g/mol. The Morgan fingerprint density at radius 2 is 1.78 bits per heavy atom. The minimum Gasteiger partial charge on any atom is -0.372 e. The Labute approximate surface area is 159 Å². The maximum atomic E-state index is 13.1. The van der Waals surface area contributed by atoms with Gasteiger partial charge in [-0.15, -0.1) is 0 Å². The largest absolute Gasteiger partial charge is 0.372 e. The molecule has 0 atom stereocenters. The summed E-state index contributed by atoms with van der Waals surface area (Å²) in [6.45, 7) is 5.88. The number of nitrogens with zero attached hydrogens (tertiary/aromatic N) is 3. The average Bonchev–Trinajstić information content (AvgIpc) is 2.88. The number of hydrogen-bond donors (Lipinski definition) is 0. The molecular formula is C20H27N3O4. The van der Waals surface area contributed by atoms with Gasteiger partial charge in [-0.05, 0) is 32.3 Å². The van der Waals surface area contributed by atoms with Gasteiger partial charge in [-0.25, -0.2) is 4.79 Å². The topological polar surface area (TPSA) is 70.2 Å². The van der Waals surface area contributed by atoms with Crippen molar-refractivity contribution in [1.82, 2.24) is 14.7 Å². The highest BCUT2D eigenvalue weighted by Gasteiger charge is 2.57. The van der Waals surface area contributed by atoms with Crippen LogP contribution in [0.4, 0.5) is 4.79 Å². The van der Waals surface area contributed by atoms with Gasteiger partial charge >= 0.3 is 6.03 Å². The SMILES string of the molecule is CCOCC(=O)N1CCC2(CC1)C(=O)N(CC)C(=O)N2Cc1ccccc1. The predicted molar refractivity (Wildman–Crippen MR) is 99.8 cm³/mol. The maximum absolute atomic E-state index is 13.1. The molecule has 1 aromatic carbocycles. The molecule has 0 aromatic heterocycles. The van der Waals surface area contributed by atoms with Gasteiger partial charge in [0.15, 0.2) is 0 Å². The molecule has 0 N–H and O–H groups in total. The van der Waals surface area contributed by atoms with Crippen LogP contribution in [0.1, 0.15) is 32.3 Å². The number of urea groups is 1. The number of hydrogen-bond acceptors (Lipinski definition) is 4. The molecule has 0 radical (unpaired) electrons. The molecule has 0 aliphatic carbocycles. The summed E-state index contributed by atoms with van der Waals surface area (Å²) in [7, 11) is 0. The number of piperidine rings is 1. The first kappa shape index (κ1) is 19.4. The standard InChI is InChI=1S/C20H27N3O4/c1-3-22-18(25)20(10-12-21(13-11-20)17(24)15-27-4-2)23(19(22)26)14-16-8-6-5-7-9-16/h5-9H,3-4,10-15H2,1-2H3. The Hall–Kier alpha value is -2.41. The predicted octanol–water partition coefficient (Wildman–Crippen LogP) is 1.87. The highest BCUT2D eigenvalue weighted by Crippen LogP contribution is 2.38. The van der Waals surface area contributed by atoms with Gasteiger partial charge in [0.1, 0.15) is 12.1 Å². The van der Waals surface area contributed by atoms with Gasteiger partial charge in [0.05, 0.1) is 0 Å². The van der Waals surface area contributed by atoms with Crippen molar-refractivity contribution in [3.05, 3.63) is 35.9 Å². The molecule has 7 heteroatoms. The van der Waals surface area contributed by atoms with E-state index in [9.17, 15) is 14.4 Å². The first-order valence-electron chi connectivity index (χ1n) is 9.56. The van der Waals surface area contributed by atoms with Gasteiger partial charge in [-0.2, -0.15) is 0 Å². The second-order valence-corrected chi connectivity index (χ2v) is 6.95. The number of likely N-dealkylation sites (tertiary alicyclic amines) is 1. The summed E-state index contributed by atoms with van der Waals surface area (Å²) in [6.07, 6.45) is 0.914. The summed E-state index contributed by atoms with van der Waals surface area (Å²) in [5.41, 5.74) is 0.136. The lowest BCUT2D eigenvalue weighted by Gasteiger charge is -2.42. The van der Waals surface area contributed by atoms with Gasteiger partial charge < -0.3 is 14.5 Å². The lowest BCUT2D eigenvalue weighted by atomic mass is 9.85. The van der Waals surface area contributed by atoms with E-state index in [4.69, 9.17) is 4.74 Å². The van der Waals surface area contributed by atoms with Crippen molar-refractivity contribution in [2.24, 2.45) is 0 Å². The highest BCUT2D eigenvalue weighted by molar-refractivity contribution is 6.07. The van der Waals surface area contributed by atoms with Crippen LogP contribution in [0.3, 0.4) is 0 Å². The zero-order chi connectivity index (χ0) is 19.4. The van der Waals surface area contributed by atoms with Crippen LogP contribution in [-0.2, 0) is 20.9 Å². The maximum Gasteiger partial charge on any atom is 0.327 e. The Morgan fingerprint density at radius 1 is 1.11 bits per heavy atom. The first-order chi connectivity index (χ1) is 13.0. The number of carbonyl (C=O) groups excluding carboxylic acids is 3. The summed E-state index contributed by atoms with van der Waals surface area (Å²) >= 11 is 0. The van der Waals surface area contributed by atoms with Crippen molar-refractivity contribution in [3.8, 4) is 0 Å². The van der Waals surface area contributed by atoms with Gasteiger partial charge in [-0.1, -0.05) is 30.3 Å². The van der Waals surface area contributed by atoms with Crippen molar-refractivity contribution >= 4 is 17.8 Å². The second kappa shape index (κ2) is 8.08. The van der Waals surface area contributed by atoms with E-state index < -0.39 is 5.54 Å². The molecule has 7 nitrogen and oxygen atoms in total. The van der Waals surface area contributed by atoms with E-state index in [1.807, 2.05) is 44.2 Å². The lowest BCUT2D eigenvalue weighted by Crippen LogP contribution is -2.57. The minimum absolute atomic E-state index is 0.0607. The Balaban J connectivity index is 1.79. The van der Waals surface area contributed by atoms with Crippen molar-refractivity contribution < 1.29 is 19.1 Å². The molecule has 27 heavy (non-hydrogen) atoms. The third kappa shape index (κ3) is 3.56. The van der Waals surface area contributed by atoms with Crippen LogP contribution in [0, 0.1) is 0 Å². The summed E-state index contributed by atoms with van der Waals surface area (Å²) < 4.78 is 5.21. The molecule has 4 amide bonds. The molecule has 3 rings (SSSR count).